The minimum Gasteiger partial charge on any atom is -0.459 e. The molecule has 0 fully saturated rings. The number of nitrogens with zero attached hydrogens (tertiary/aromatic N) is 1. The van der Waals surface area contributed by atoms with Gasteiger partial charge in [-0.25, -0.2) is 8.42 Å². The van der Waals surface area contributed by atoms with Crippen molar-refractivity contribution >= 4 is 21.0 Å². The van der Waals surface area contributed by atoms with E-state index in [1.165, 1.54) is 4.31 Å². The first kappa shape index (κ1) is 16.7. The molecule has 1 aromatic heterocycles. The highest BCUT2D eigenvalue weighted by molar-refractivity contribution is 7.89. The second-order valence-electron chi connectivity index (χ2n) is 6.15. The maximum Gasteiger partial charge on any atom is 0.243 e. The van der Waals surface area contributed by atoms with Gasteiger partial charge < -0.3 is 4.42 Å². The van der Waals surface area contributed by atoms with Gasteiger partial charge in [-0.15, -0.1) is 0 Å². The smallest absolute Gasteiger partial charge is 0.243 e. The predicted molar refractivity (Wildman–Crippen MR) is 95.5 cm³/mol. The second kappa shape index (κ2) is 6.07. The van der Waals surface area contributed by atoms with Crippen LogP contribution < -0.4 is 0 Å². The van der Waals surface area contributed by atoms with Gasteiger partial charge in [-0.05, 0) is 44.5 Å². The summed E-state index contributed by atoms with van der Waals surface area (Å²) in [6, 6.07) is 14.5. The summed E-state index contributed by atoms with van der Waals surface area (Å²) in [5.41, 5.74) is 2.55. The number of sulfonamides is 1. The van der Waals surface area contributed by atoms with E-state index in [0.29, 0.717) is 10.7 Å². The van der Waals surface area contributed by atoms with E-state index < -0.39 is 16.1 Å². The van der Waals surface area contributed by atoms with Crippen molar-refractivity contribution in [1.29, 1.82) is 0 Å². The molecule has 126 valence electrons. The molecule has 5 heteroatoms. The highest BCUT2D eigenvalue weighted by atomic mass is 32.2. The summed E-state index contributed by atoms with van der Waals surface area (Å²) in [6.45, 7) is 5.60. The van der Waals surface area contributed by atoms with Crippen molar-refractivity contribution < 1.29 is 12.8 Å². The summed E-state index contributed by atoms with van der Waals surface area (Å²) in [5.74, 6) is 0.632. The summed E-state index contributed by atoms with van der Waals surface area (Å²) in [4.78, 5) is 0.332. The maximum absolute atomic E-state index is 13.0. The Labute approximate surface area is 142 Å². The SMILES string of the molecule is Cc1ccc(S(=O)(=O)N(C)C(C)c2cc3ccccc3o2)c(C)c1. The molecule has 1 atom stereocenters. The lowest BCUT2D eigenvalue weighted by molar-refractivity contribution is 0.348. The van der Waals surface area contributed by atoms with Crippen LogP contribution in [0.15, 0.2) is 57.8 Å². The lowest BCUT2D eigenvalue weighted by Crippen LogP contribution is -2.30. The van der Waals surface area contributed by atoms with Crippen LogP contribution in [0.4, 0.5) is 0 Å². The Kier molecular flexibility index (Phi) is 4.24. The van der Waals surface area contributed by atoms with Gasteiger partial charge in [-0.2, -0.15) is 4.31 Å². The lowest BCUT2D eigenvalue weighted by Gasteiger charge is -2.23. The molecular formula is C19H21NO3S. The molecule has 0 saturated heterocycles. The normalized spacial score (nSPS) is 13.5. The molecular weight excluding hydrogens is 322 g/mol. The topological polar surface area (TPSA) is 50.5 Å². The summed E-state index contributed by atoms with van der Waals surface area (Å²) < 4.78 is 33.1. The third-order valence-corrected chi connectivity index (χ3v) is 6.48. The number of hydrogen-bond acceptors (Lipinski definition) is 3. The van der Waals surface area contributed by atoms with Crippen molar-refractivity contribution in [1.82, 2.24) is 4.31 Å². The van der Waals surface area contributed by atoms with E-state index in [-0.39, 0.29) is 0 Å². The molecule has 0 radical (unpaired) electrons. The van der Waals surface area contributed by atoms with Crippen LogP contribution in [-0.2, 0) is 10.0 Å². The maximum atomic E-state index is 13.0. The largest absolute Gasteiger partial charge is 0.459 e. The van der Waals surface area contributed by atoms with Crippen molar-refractivity contribution in [3.05, 3.63) is 65.4 Å². The Hall–Kier alpha value is -2.11. The van der Waals surface area contributed by atoms with Gasteiger partial charge in [0.15, 0.2) is 0 Å². The van der Waals surface area contributed by atoms with Gasteiger partial charge in [-0.3, -0.25) is 0 Å². The van der Waals surface area contributed by atoms with Crippen molar-refractivity contribution in [3.8, 4) is 0 Å². The number of hydrogen-bond donors (Lipinski definition) is 0. The first-order chi connectivity index (χ1) is 11.3. The Balaban J connectivity index is 1.98. The Morgan fingerprint density at radius 1 is 1.04 bits per heavy atom. The fraction of sp³-hybridized carbons (Fsp3) is 0.263. The van der Waals surface area contributed by atoms with Gasteiger partial charge in [0.1, 0.15) is 11.3 Å². The first-order valence-corrected chi connectivity index (χ1v) is 9.28. The molecule has 0 amide bonds. The summed E-state index contributed by atoms with van der Waals surface area (Å²) in [6.07, 6.45) is 0. The average Bonchev–Trinajstić information content (AvgIpc) is 2.97. The summed E-state index contributed by atoms with van der Waals surface area (Å²) >= 11 is 0. The van der Waals surface area contributed by atoms with E-state index in [9.17, 15) is 8.42 Å². The van der Waals surface area contributed by atoms with E-state index in [2.05, 4.69) is 0 Å². The van der Waals surface area contributed by atoms with Crippen LogP contribution in [0.2, 0.25) is 0 Å². The fourth-order valence-electron chi connectivity index (χ4n) is 2.84. The van der Waals surface area contributed by atoms with Gasteiger partial charge in [0.05, 0.1) is 10.9 Å². The van der Waals surface area contributed by atoms with Gasteiger partial charge in [0.25, 0.3) is 0 Å². The van der Waals surface area contributed by atoms with Gasteiger partial charge >= 0.3 is 0 Å². The minimum absolute atomic E-state index is 0.332. The molecule has 0 aliphatic carbocycles. The standard InChI is InChI=1S/C19H21NO3S/c1-13-9-10-19(14(2)11-13)24(21,22)20(4)15(3)18-12-16-7-5-6-8-17(16)23-18/h5-12,15H,1-4H3. The molecule has 1 unspecified atom stereocenters. The monoisotopic (exact) mass is 343 g/mol. The molecule has 0 N–H and O–H groups in total. The van der Waals surface area contributed by atoms with Crippen LogP contribution >= 0.6 is 0 Å². The zero-order valence-electron chi connectivity index (χ0n) is 14.3. The summed E-state index contributed by atoms with van der Waals surface area (Å²) in [7, 11) is -2.01. The highest BCUT2D eigenvalue weighted by Gasteiger charge is 2.29. The van der Waals surface area contributed by atoms with Crippen molar-refractivity contribution in [2.24, 2.45) is 0 Å². The van der Waals surface area contributed by atoms with Gasteiger partial charge in [-0.1, -0.05) is 35.9 Å². The molecule has 3 aromatic rings. The molecule has 4 nitrogen and oxygen atoms in total. The highest BCUT2D eigenvalue weighted by Crippen LogP contribution is 2.31. The van der Waals surface area contributed by atoms with Crippen LogP contribution in [0, 0.1) is 13.8 Å². The molecule has 0 bridgehead atoms. The quantitative estimate of drug-likeness (QED) is 0.704. The van der Waals surface area contributed by atoms with Crippen molar-refractivity contribution in [2.75, 3.05) is 7.05 Å². The molecule has 1 heterocycles. The minimum atomic E-state index is -3.60. The Morgan fingerprint density at radius 2 is 1.75 bits per heavy atom. The van der Waals surface area contributed by atoms with Gasteiger partial charge in [0.2, 0.25) is 10.0 Å². The van der Waals surface area contributed by atoms with Crippen LogP contribution in [-0.4, -0.2) is 19.8 Å². The summed E-state index contributed by atoms with van der Waals surface area (Å²) in [5, 5.41) is 0.969. The third kappa shape index (κ3) is 2.85. The Morgan fingerprint density at radius 3 is 2.42 bits per heavy atom. The van der Waals surface area contributed by atoms with Crippen LogP contribution in [0.25, 0.3) is 11.0 Å². The van der Waals surface area contributed by atoms with Crippen molar-refractivity contribution in [2.45, 2.75) is 31.7 Å². The number of benzene rings is 2. The molecule has 0 aliphatic rings. The first-order valence-electron chi connectivity index (χ1n) is 7.84. The molecule has 0 spiro atoms. The average molecular weight is 343 g/mol. The third-order valence-electron chi connectivity index (χ3n) is 4.39. The van der Waals surface area contributed by atoms with Crippen LogP contribution in [0.1, 0.15) is 29.9 Å². The number of rotatable bonds is 4. The predicted octanol–water partition coefficient (Wildman–Crippen LogP) is 4.43. The number of para-hydroxylation sites is 1. The second-order valence-corrected chi connectivity index (χ2v) is 8.12. The molecule has 0 saturated carbocycles. The number of fused-ring (bicyclic) bond motifs is 1. The number of furan rings is 1. The van der Waals surface area contributed by atoms with Crippen LogP contribution in [0.3, 0.4) is 0 Å². The molecule has 3 rings (SSSR count). The van der Waals surface area contributed by atoms with E-state index in [4.69, 9.17) is 4.42 Å². The van der Waals surface area contributed by atoms with E-state index in [0.717, 1.165) is 22.1 Å². The zero-order chi connectivity index (χ0) is 17.5. The van der Waals surface area contributed by atoms with E-state index in [1.807, 2.05) is 63.2 Å². The zero-order valence-corrected chi connectivity index (χ0v) is 15.1. The number of aryl methyl sites for hydroxylation is 2. The Bertz CT molecular complexity index is 956. The molecule has 2 aromatic carbocycles. The molecule has 24 heavy (non-hydrogen) atoms. The fourth-order valence-corrected chi connectivity index (χ4v) is 4.38. The van der Waals surface area contributed by atoms with E-state index >= 15 is 0 Å². The molecule has 0 aliphatic heterocycles. The van der Waals surface area contributed by atoms with E-state index in [1.54, 1.807) is 13.1 Å². The lowest BCUT2D eigenvalue weighted by atomic mass is 10.2. The van der Waals surface area contributed by atoms with Gasteiger partial charge in [0, 0.05) is 12.4 Å². The van der Waals surface area contributed by atoms with Crippen molar-refractivity contribution in [3.63, 3.8) is 0 Å². The van der Waals surface area contributed by atoms with Crippen LogP contribution in [0.5, 0.6) is 0 Å².